The first-order chi connectivity index (χ1) is 14.5. The van der Waals surface area contributed by atoms with Crippen LogP contribution >= 0.6 is 0 Å². The predicted molar refractivity (Wildman–Crippen MR) is 108 cm³/mol. The molecule has 1 saturated heterocycles. The van der Waals surface area contributed by atoms with Crippen molar-refractivity contribution >= 4 is 17.0 Å². The number of rotatable bonds is 6. The number of ether oxygens (including phenoxy) is 2. The number of aliphatic hydroxyl groups is 3. The Hall–Kier alpha value is -2.79. The largest absolute Gasteiger partial charge is 0.497 e. The van der Waals surface area contributed by atoms with E-state index in [1.807, 2.05) is 31.2 Å². The van der Waals surface area contributed by atoms with E-state index in [2.05, 4.69) is 15.0 Å². The monoisotopic (exact) mass is 415 g/mol. The molecule has 5 N–H and O–H groups in total. The number of aliphatic hydroxyl groups excluding tert-OH is 3. The van der Waals surface area contributed by atoms with E-state index in [-0.39, 0.29) is 5.82 Å². The molecule has 3 aromatic rings. The normalized spacial score (nSPS) is 27.4. The van der Waals surface area contributed by atoms with E-state index in [0.29, 0.717) is 23.3 Å². The number of hydrogen-bond acceptors (Lipinski definition) is 9. The van der Waals surface area contributed by atoms with Crippen LogP contribution in [0.25, 0.3) is 11.2 Å². The number of benzene rings is 1. The molecule has 0 saturated carbocycles. The summed E-state index contributed by atoms with van der Waals surface area (Å²) in [4.78, 5) is 12.6. The van der Waals surface area contributed by atoms with Crippen molar-refractivity contribution in [2.75, 3.05) is 19.5 Å². The third-order valence-electron chi connectivity index (χ3n) is 5.81. The van der Waals surface area contributed by atoms with Gasteiger partial charge in [-0.2, -0.15) is 0 Å². The van der Waals surface area contributed by atoms with Crippen LogP contribution in [0.4, 0.5) is 5.82 Å². The Bertz CT molecular complexity index is 1030. The summed E-state index contributed by atoms with van der Waals surface area (Å²) >= 11 is 0. The quantitative estimate of drug-likeness (QED) is 0.448. The SMILES string of the molecule is CCC(c1ccc(OC)cc1)[C@@]1(n2cnc3c(N)ncnc32)O[C@H](CO)[C@@H](O)[C@H]1O. The minimum Gasteiger partial charge on any atom is -0.497 e. The van der Waals surface area contributed by atoms with Gasteiger partial charge in [0.2, 0.25) is 0 Å². The molecule has 2 aromatic heterocycles. The Balaban J connectivity index is 1.94. The fourth-order valence-electron chi connectivity index (χ4n) is 4.34. The summed E-state index contributed by atoms with van der Waals surface area (Å²) in [5.74, 6) is 0.466. The highest BCUT2D eigenvalue weighted by atomic mass is 16.6. The summed E-state index contributed by atoms with van der Waals surface area (Å²) in [5.41, 5.74) is 6.04. The second kappa shape index (κ2) is 7.80. The van der Waals surface area contributed by atoms with Crippen LogP contribution in [0.5, 0.6) is 5.75 Å². The van der Waals surface area contributed by atoms with E-state index in [1.54, 1.807) is 11.7 Å². The Morgan fingerprint density at radius 3 is 2.57 bits per heavy atom. The number of hydrogen-bond donors (Lipinski definition) is 4. The highest BCUT2D eigenvalue weighted by Crippen LogP contribution is 2.48. The molecular formula is C20H25N5O5. The van der Waals surface area contributed by atoms with Crippen molar-refractivity contribution in [3.05, 3.63) is 42.5 Å². The zero-order chi connectivity index (χ0) is 21.5. The van der Waals surface area contributed by atoms with Gasteiger partial charge in [0.15, 0.2) is 17.2 Å². The molecule has 1 aromatic carbocycles. The smallest absolute Gasteiger partial charge is 0.183 e. The first-order valence-electron chi connectivity index (χ1n) is 9.70. The topological polar surface area (TPSA) is 149 Å². The molecule has 0 spiro atoms. The highest BCUT2D eigenvalue weighted by molar-refractivity contribution is 5.81. The standard InChI is InChI=1S/C20H25N5O5/c1-3-13(11-4-6-12(29-2)7-5-11)20(17(28)16(27)14(8-26)30-20)25-10-24-15-18(21)22-9-23-19(15)25/h4-7,9-10,13-14,16-17,26-28H,3,8H2,1-2H3,(H2,21,22,23)/t13?,14-,16-,17-,20-/m1/s1. The summed E-state index contributed by atoms with van der Waals surface area (Å²) in [6.45, 7) is 1.50. The minimum absolute atomic E-state index is 0.193. The summed E-state index contributed by atoms with van der Waals surface area (Å²) in [7, 11) is 1.58. The first kappa shape index (κ1) is 20.5. The minimum atomic E-state index is -1.48. The van der Waals surface area contributed by atoms with E-state index in [0.717, 1.165) is 5.56 Å². The highest BCUT2D eigenvalue weighted by Gasteiger charge is 2.59. The maximum Gasteiger partial charge on any atom is 0.183 e. The van der Waals surface area contributed by atoms with Crippen LogP contribution < -0.4 is 10.5 Å². The summed E-state index contributed by atoms with van der Waals surface area (Å²) in [5, 5.41) is 31.6. The molecule has 10 heteroatoms. The number of imidazole rings is 1. The molecule has 3 heterocycles. The van der Waals surface area contributed by atoms with Crippen LogP contribution in [-0.4, -0.2) is 66.9 Å². The van der Waals surface area contributed by atoms with Gasteiger partial charge < -0.3 is 30.5 Å². The molecule has 4 rings (SSSR count). The summed E-state index contributed by atoms with van der Waals surface area (Å²) < 4.78 is 13.1. The molecule has 5 atom stereocenters. The van der Waals surface area contributed by atoms with Gasteiger partial charge in [0, 0.05) is 5.92 Å². The third kappa shape index (κ3) is 2.91. The van der Waals surface area contributed by atoms with E-state index >= 15 is 0 Å². The van der Waals surface area contributed by atoms with Gasteiger partial charge in [-0.1, -0.05) is 19.1 Å². The van der Waals surface area contributed by atoms with E-state index < -0.39 is 36.6 Å². The lowest BCUT2D eigenvalue weighted by molar-refractivity contribution is -0.163. The lowest BCUT2D eigenvalue weighted by Gasteiger charge is -2.40. The number of anilines is 1. The molecule has 10 nitrogen and oxygen atoms in total. The fraction of sp³-hybridized carbons (Fsp3) is 0.450. The maximum absolute atomic E-state index is 11.2. The average molecular weight is 415 g/mol. The van der Waals surface area contributed by atoms with Crippen molar-refractivity contribution in [3.63, 3.8) is 0 Å². The molecule has 160 valence electrons. The zero-order valence-corrected chi connectivity index (χ0v) is 16.7. The Morgan fingerprint density at radius 1 is 1.23 bits per heavy atom. The molecule has 30 heavy (non-hydrogen) atoms. The van der Waals surface area contributed by atoms with Crippen LogP contribution in [-0.2, 0) is 10.5 Å². The second-order valence-electron chi connectivity index (χ2n) is 7.31. The van der Waals surface area contributed by atoms with Crippen molar-refractivity contribution in [3.8, 4) is 5.75 Å². The lowest BCUT2D eigenvalue weighted by Crippen LogP contribution is -2.50. The first-order valence-corrected chi connectivity index (χ1v) is 9.70. The number of nitrogens with zero attached hydrogens (tertiary/aromatic N) is 4. The number of aromatic nitrogens is 4. The van der Waals surface area contributed by atoms with Crippen LogP contribution in [0.15, 0.2) is 36.9 Å². The molecule has 1 aliphatic rings. The molecule has 1 unspecified atom stereocenters. The van der Waals surface area contributed by atoms with Gasteiger partial charge in [0.1, 0.15) is 35.9 Å². The average Bonchev–Trinajstić information content (AvgIpc) is 3.31. The second-order valence-corrected chi connectivity index (χ2v) is 7.31. The van der Waals surface area contributed by atoms with Gasteiger partial charge >= 0.3 is 0 Å². The maximum atomic E-state index is 11.2. The number of methoxy groups -OCH3 is 1. The predicted octanol–water partition coefficient (Wildman–Crippen LogP) is 0.377. The molecule has 0 radical (unpaired) electrons. The van der Waals surface area contributed by atoms with Crippen molar-refractivity contribution in [2.45, 2.75) is 43.3 Å². The van der Waals surface area contributed by atoms with E-state index in [1.165, 1.54) is 12.7 Å². The van der Waals surface area contributed by atoms with Gasteiger partial charge in [-0.25, -0.2) is 15.0 Å². The summed E-state index contributed by atoms with van der Waals surface area (Å²) in [6, 6.07) is 7.40. The van der Waals surface area contributed by atoms with Crippen molar-refractivity contribution in [2.24, 2.45) is 0 Å². The Labute approximate surface area is 172 Å². The molecule has 1 fully saturated rings. The third-order valence-corrected chi connectivity index (χ3v) is 5.81. The number of nitrogen functional groups attached to an aromatic ring is 1. The van der Waals surface area contributed by atoms with Gasteiger partial charge in [-0.3, -0.25) is 4.57 Å². The molecular weight excluding hydrogens is 390 g/mol. The molecule has 0 bridgehead atoms. The number of nitrogens with two attached hydrogens (primary N) is 1. The Kier molecular flexibility index (Phi) is 5.33. The van der Waals surface area contributed by atoms with Gasteiger partial charge in [-0.05, 0) is 24.1 Å². The Morgan fingerprint density at radius 2 is 1.97 bits per heavy atom. The van der Waals surface area contributed by atoms with Crippen LogP contribution in [0.3, 0.4) is 0 Å². The van der Waals surface area contributed by atoms with Crippen molar-refractivity contribution in [1.29, 1.82) is 0 Å². The van der Waals surface area contributed by atoms with Crippen molar-refractivity contribution < 1.29 is 24.8 Å². The lowest BCUT2D eigenvalue weighted by atomic mass is 9.81. The molecule has 0 amide bonds. The fourth-order valence-corrected chi connectivity index (χ4v) is 4.34. The van der Waals surface area contributed by atoms with Crippen LogP contribution in [0.2, 0.25) is 0 Å². The van der Waals surface area contributed by atoms with Gasteiger partial charge in [0.25, 0.3) is 0 Å². The number of fused-ring (bicyclic) bond motifs is 1. The van der Waals surface area contributed by atoms with Gasteiger partial charge in [0.05, 0.1) is 20.0 Å². The van der Waals surface area contributed by atoms with Crippen LogP contribution in [0.1, 0.15) is 24.8 Å². The van der Waals surface area contributed by atoms with E-state index in [4.69, 9.17) is 15.2 Å². The summed E-state index contributed by atoms with van der Waals surface area (Å²) in [6.07, 6.45) is -0.330. The van der Waals surface area contributed by atoms with Crippen LogP contribution in [0, 0.1) is 0 Å². The zero-order valence-electron chi connectivity index (χ0n) is 16.7. The molecule has 0 aliphatic carbocycles. The van der Waals surface area contributed by atoms with E-state index in [9.17, 15) is 15.3 Å². The molecule has 1 aliphatic heterocycles. The van der Waals surface area contributed by atoms with Crippen molar-refractivity contribution in [1.82, 2.24) is 19.5 Å². The van der Waals surface area contributed by atoms with Gasteiger partial charge in [-0.15, -0.1) is 0 Å².